The Bertz CT molecular complexity index is 799. The van der Waals surface area contributed by atoms with E-state index in [0.717, 1.165) is 31.2 Å². The molecule has 1 aliphatic carbocycles. The molecular formula is C20H25ClN2O4. The fourth-order valence-corrected chi connectivity index (χ4v) is 3.86. The largest absolute Gasteiger partial charge is 0.493 e. The van der Waals surface area contributed by atoms with Crippen LogP contribution in [0.15, 0.2) is 24.4 Å². The highest BCUT2D eigenvalue weighted by Crippen LogP contribution is 2.41. The van der Waals surface area contributed by atoms with Gasteiger partial charge in [-0.25, -0.2) is 0 Å². The molecule has 1 amide bonds. The Hall–Kier alpha value is -2.34. The first kappa shape index (κ1) is 19.4. The third-order valence-corrected chi connectivity index (χ3v) is 5.25. The number of carbonyl (C=O) groups excluding carboxylic acids is 1. The quantitative estimate of drug-likeness (QED) is 0.763. The van der Waals surface area contributed by atoms with Gasteiger partial charge in [-0.1, -0.05) is 24.4 Å². The standard InChI is InChI=1S/C20H25ClN2O4/c1-25-17-9-8-13(18(26-2)19(17)27-3)12-23(15-6-4-5-7-15)20(24)16-10-14(21)11-22-16/h8-11,15,22H,4-7,12H2,1-3H3. The number of aromatic nitrogens is 1. The van der Waals surface area contributed by atoms with Crippen LogP contribution < -0.4 is 14.2 Å². The van der Waals surface area contributed by atoms with Crippen molar-refractivity contribution in [3.05, 3.63) is 40.7 Å². The Labute approximate surface area is 164 Å². The summed E-state index contributed by atoms with van der Waals surface area (Å²) in [6.07, 6.45) is 5.87. The van der Waals surface area contributed by atoms with E-state index >= 15 is 0 Å². The predicted molar refractivity (Wildman–Crippen MR) is 104 cm³/mol. The normalized spacial score (nSPS) is 14.2. The number of H-pyrrole nitrogens is 1. The molecule has 6 nitrogen and oxygen atoms in total. The molecule has 7 heteroatoms. The van der Waals surface area contributed by atoms with Gasteiger partial charge in [0, 0.05) is 17.8 Å². The average molecular weight is 393 g/mol. The molecule has 0 aliphatic heterocycles. The maximum atomic E-state index is 13.2. The van der Waals surface area contributed by atoms with Gasteiger partial charge in [0.15, 0.2) is 11.5 Å². The monoisotopic (exact) mass is 392 g/mol. The molecule has 146 valence electrons. The third-order valence-electron chi connectivity index (χ3n) is 5.03. The van der Waals surface area contributed by atoms with Crippen molar-refractivity contribution in [2.45, 2.75) is 38.3 Å². The number of benzene rings is 1. The molecular weight excluding hydrogens is 368 g/mol. The van der Waals surface area contributed by atoms with Gasteiger partial charge >= 0.3 is 0 Å². The fourth-order valence-electron chi connectivity index (χ4n) is 3.70. The molecule has 1 fully saturated rings. The summed E-state index contributed by atoms with van der Waals surface area (Å²) < 4.78 is 16.4. The summed E-state index contributed by atoms with van der Waals surface area (Å²) in [5.41, 5.74) is 1.36. The SMILES string of the molecule is COc1ccc(CN(C(=O)c2cc(Cl)c[nH]2)C2CCCC2)c(OC)c1OC. The van der Waals surface area contributed by atoms with Crippen LogP contribution in [-0.2, 0) is 6.54 Å². The molecule has 2 aromatic rings. The molecule has 1 aliphatic rings. The minimum absolute atomic E-state index is 0.0642. The number of halogens is 1. The molecule has 27 heavy (non-hydrogen) atoms. The first-order chi connectivity index (χ1) is 13.1. The lowest BCUT2D eigenvalue weighted by Gasteiger charge is -2.29. The lowest BCUT2D eigenvalue weighted by Crippen LogP contribution is -2.38. The molecule has 0 bridgehead atoms. The molecule has 1 N–H and O–H groups in total. The number of hydrogen-bond acceptors (Lipinski definition) is 4. The summed E-state index contributed by atoms with van der Waals surface area (Å²) in [7, 11) is 4.75. The van der Waals surface area contributed by atoms with Crippen molar-refractivity contribution in [1.82, 2.24) is 9.88 Å². The number of nitrogens with one attached hydrogen (secondary N) is 1. The Morgan fingerprint density at radius 2 is 1.85 bits per heavy atom. The number of methoxy groups -OCH3 is 3. The Balaban J connectivity index is 1.96. The molecule has 1 heterocycles. The van der Waals surface area contributed by atoms with Crippen LogP contribution in [0.4, 0.5) is 0 Å². The van der Waals surface area contributed by atoms with Crippen molar-refractivity contribution in [1.29, 1.82) is 0 Å². The Morgan fingerprint density at radius 3 is 2.41 bits per heavy atom. The second-order valence-electron chi connectivity index (χ2n) is 6.60. The van der Waals surface area contributed by atoms with Crippen molar-refractivity contribution in [2.24, 2.45) is 0 Å². The molecule has 0 radical (unpaired) electrons. The number of nitrogens with zero attached hydrogens (tertiary/aromatic N) is 1. The van der Waals surface area contributed by atoms with Crippen LogP contribution in [0.5, 0.6) is 17.2 Å². The number of hydrogen-bond donors (Lipinski definition) is 1. The number of ether oxygens (including phenoxy) is 3. The molecule has 1 aromatic heterocycles. The maximum absolute atomic E-state index is 13.2. The van der Waals surface area contributed by atoms with Crippen molar-refractivity contribution < 1.29 is 19.0 Å². The van der Waals surface area contributed by atoms with Crippen LogP contribution in [0.1, 0.15) is 41.7 Å². The summed E-state index contributed by atoms with van der Waals surface area (Å²) in [5, 5.41) is 0.522. The van der Waals surface area contributed by atoms with Crippen molar-refractivity contribution in [3.63, 3.8) is 0 Å². The zero-order valence-corrected chi connectivity index (χ0v) is 16.6. The third kappa shape index (κ3) is 4.00. The average Bonchev–Trinajstić information content (AvgIpc) is 3.36. The van der Waals surface area contributed by atoms with Gasteiger partial charge in [-0.05, 0) is 31.0 Å². The highest BCUT2D eigenvalue weighted by Gasteiger charge is 2.30. The minimum Gasteiger partial charge on any atom is -0.493 e. The van der Waals surface area contributed by atoms with E-state index in [0.29, 0.717) is 34.5 Å². The molecule has 0 atom stereocenters. The highest BCUT2D eigenvalue weighted by atomic mass is 35.5. The maximum Gasteiger partial charge on any atom is 0.270 e. The van der Waals surface area contributed by atoms with Crippen LogP contribution in [0.2, 0.25) is 5.02 Å². The summed E-state index contributed by atoms with van der Waals surface area (Å²) >= 11 is 6.00. The number of rotatable bonds is 7. The van der Waals surface area contributed by atoms with Gasteiger partial charge in [-0.3, -0.25) is 4.79 Å². The first-order valence-corrected chi connectivity index (χ1v) is 9.39. The molecule has 1 saturated carbocycles. The second-order valence-corrected chi connectivity index (χ2v) is 7.03. The van der Waals surface area contributed by atoms with Gasteiger partial charge in [0.25, 0.3) is 5.91 Å². The van der Waals surface area contributed by atoms with Gasteiger partial charge in [0.1, 0.15) is 5.69 Å². The smallest absolute Gasteiger partial charge is 0.270 e. The summed E-state index contributed by atoms with van der Waals surface area (Å²) in [5.74, 6) is 1.63. The van der Waals surface area contributed by atoms with Crippen LogP contribution in [0, 0.1) is 0 Å². The van der Waals surface area contributed by atoms with E-state index in [1.807, 2.05) is 17.0 Å². The summed E-state index contributed by atoms with van der Waals surface area (Å²) in [4.78, 5) is 18.0. The van der Waals surface area contributed by atoms with E-state index in [-0.39, 0.29) is 11.9 Å². The molecule has 0 spiro atoms. The second kappa shape index (κ2) is 8.57. The van der Waals surface area contributed by atoms with Crippen molar-refractivity contribution in [2.75, 3.05) is 21.3 Å². The molecule has 1 aromatic carbocycles. The topological polar surface area (TPSA) is 63.8 Å². The number of amides is 1. The highest BCUT2D eigenvalue weighted by molar-refractivity contribution is 6.30. The van der Waals surface area contributed by atoms with Gasteiger partial charge in [0.05, 0.1) is 32.9 Å². The number of carbonyl (C=O) groups is 1. The van der Waals surface area contributed by atoms with Gasteiger partial charge < -0.3 is 24.1 Å². The van der Waals surface area contributed by atoms with Gasteiger partial charge in [-0.2, -0.15) is 0 Å². The predicted octanol–water partition coefficient (Wildman–Crippen LogP) is 4.28. The molecule has 0 unspecified atom stereocenters. The van der Waals surface area contributed by atoms with Crippen LogP contribution in [0.25, 0.3) is 0 Å². The molecule has 0 saturated heterocycles. The van der Waals surface area contributed by atoms with Gasteiger partial charge in [0.2, 0.25) is 5.75 Å². The Morgan fingerprint density at radius 1 is 1.15 bits per heavy atom. The van der Waals surface area contributed by atoms with E-state index in [4.69, 9.17) is 25.8 Å². The first-order valence-electron chi connectivity index (χ1n) is 9.01. The summed E-state index contributed by atoms with van der Waals surface area (Å²) in [6.45, 7) is 0.420. The van der Waals surface area contributed by atoms with E-state index in [1.54, 1.807) is 33.6 Å². The zero-order chi connectivity index (χ0) is 19.4. The van der Waals surface area contributed by atoms with Crippen LogP contribution in [-0.4, -0.2) is 43.2 Å². The fraction of sp³-hybridized carbons (Fsp3) is 0.450. The van der Waals surface area contributed by atoms with E-state index in [2.05, 4.69) is 4.98 Å². The number of aromatic amines is 1. The zero-order valence-electron chi connectivity index (χ0n) is 15.9. The van der Waals surface area contributed by atoms with Crippen LogP contribution in [0.3, 0.4) is 0 Å². The Kier molecular flexibility index (Phi) is 6.16. The van der Waals surface area contributed by atoms with Gasteiger partial charge in [-0.15, -0.1) is 0 Å². The van der Waals surface area contributed by atoms with Crippen LogP contribution >= 0.6 is 11.6 Å². The summed E-state index contributed by atoms with van der Waals surface area (Å²) in [6, 6.07) is 5.60. The lowest BCUT2D eigenvalue weighted by atomic mass is 10.1. The lowest BCUT2D eigenvalue weighted by molar-refractivity contribution is 0.0657. The molecule has 3 rings (SSSR count). The van der Waals surface area contributed by atoms with E-state index in [1.165, 1.54) is 0 Å². The van der Waals surface area contributed by atoms with Crippen molar-refractivity contribution >= 4 is 17.5 Å². The minimum atomic E-state index is -0.0642. The van der Waals surface area contributed by atoms with Crippen molar-refractivity contribution in [3.8, 4) is 17.2 Å². The van der Waals surface area contributed by atoms with E-state index in [9.17, 15) is 4.79 Å². The van der Waals surface area contributed by atoms with E-state index < -0.39 is 0 Å².